The molecule has 2 N–H and O–H groups in total. The molecule has 3 rings (SSSR count). The van der Waals surface area contributed by atoms with E-state index in [9.17, 15) is 9.59 Å². The van der Waals surface area contributed by atoms with Gasteiger partial charge in [0.25, 0.3) is 11.8 Å². The first-order valence-corrected chi connectivity index (χ1v) is 12.8. The Hall–Kier alpha value is -4.06. The van der Waals surface area contributed by atoms with Crippen LogP contribution >= 0.6 is 0 Å². The molecule has 0 radical (unpaired) electrons. The fourth-order valence-corrected chi connectivity index (χ4v) is 3.72. The summed E-state index contributed by atoms with van der Waals surface area (Å²) in [5, 5.41) is 8.52. The topological polar surface area (TPSA) is 82.9 Å². The zero-order valence-corrected chi connectivity index (χ0v) is 23.6. The standard InChI is InChI=1S/C32H38N4O2/c1-21(33-35-29(37)25-13-17-27(18-14-25)31(3,4)5)23-9-11-24(12-10-23)22(2)34-36-30(38)26-15-19-28(20-16-26)32(6,7)8/h9-20H,1-8H3,(H,35,37)(H,36,38)/b33-21+,34-22+. The van der Waals surface area contributed by atoms with Crippen LogP contribution in [0.1, 0.15) is 98.4 Å². The summed E-state index contributed by atoms with van der Waals surface area (Å²) in [7, 11) is 0. The quantitative estimate of drug-likeness (QED) is 0.290. The molecule has 0 fully saturated rings. The Bertz CT molecular complexity index is 1230. The van der Waals surface area contributed by atoms with Crippen LogP contribution in [0.15, 0.2) is 83.0 Å². The highest BCUT2D eigenvalue weighted by Crippen LogP contribution is 2.23. The normalized spacial score (nSPS) is 12.7. The number of amides is 2. The lowest BCUT2D eigenvalue weighted by atomic mass is 9.87. The van der Waals surface area contributed by atoms with Crippen LogP contribution in [0.2, 0.25) is 0 Å². The van der Waals surface area contributed by atoms with Crippen molar-refractivity contribution in [3.63, 3.8) is 0 Å². The second-order valence-electron chi connectivity index (χ2n) is 11.5. The molecule has 6 heteroatoms. The summed E-state index contributed by atoms with van der Waals surface area (Å²) >= 11 is 0. The van der Waals surface area contributed by atoms with Gasteiger partial charge in [-0.25, -0.2) is 10.9 Å². The lowest BCUT2D eigenvalue weighted by Crippen LogP contribution is -2.20. The highest BCUT2D eigenvalue weighted by atomic mass is 16.2. The Morgan fingerprint density at radius 2 is 0.763 bits per heavy atom. The van der Waals surface area contributed by atoms with E-state index >= 15 is 0 Å². The van der Waals surface area contributed by atoms with Gasteiger partial charge in [0.2, 0.25) is 0 Å². The van der Waals surface area contributed by atoms with Crippen molar-refractivity contribution in [2.75, 3.05) is 0 Å². The van der Waals surface area contributed by atoms with Crippen molar-refractivity contribution < 1.29 is 9.59 Å². The summed E-state index contributed by atoms with van der Waals surface area (Å²) in [5.41, 5.74) is 11.9. The zero-order chi connectivity index (χ0) is 28.1. The van der Waals surface area contributed by atoms with E-state index in [0.29, 0.717) is 22.6 Å². The molecule has 0 bridgehead atoms. The summed E-state index contributed by atoms with van der Waals surface area (Å²) in [5.74, 6) is -0.513. The highest BCUT2D eigenvalue weighted by molar-refractivity contribution is 6.03. The Morgan fingerprint density at radius 1 is 0.500 bits per heavy atom. The average Bonchev–Trinajstić information content (AvgIpc) is 2.89. The largest absolute Gasteiger partial charge is 0.271 e. The van der Waals surface area contributed by atoms with Gasteiger partial charge in [0.05, 0.1) is 11.4 Å². The second-order valence-corrected chi connectivity index (χ2v) is 11.5. The molecule has 0 saturated carbocycles. The van der Waals surface area contributed by atoms with E-state index < -0.39 is 0 Å². The Balaban J connectivity index is 1.60. The fraction of sp³-hybridized carbons (Fsp3) is 0.312. The Morgan fingerprint density at radius 3 is 1.03 bits per heavy atom. The molecule has 0 atom stereocenters. The van der Waals surface area contributed by atoms with E-state index in [1.165, 1.54) is 11.1 Å². The van der Waals surface area contributed by atoms with Gasteiger partial charge in [0, 0.05) is 11.1 Å². The zero-order valence-electron chi connectivity index (χ0n) is 23.6. The van der Waals surface area contributed by atoms with Gasteiger partial charge in [0.15, 0.2) is 0 Å². The summed E-state index contributed by atoms with van der Waals surface area (Å²) in [6, 6.07) is 22.8. The van der Waals surface area contributed by atoms with Crippen LogP contribution in [-0.4, -0.2) is 23.2 Å². The summed E-state index contributed by atoms with van der Waals surface area (Å²) in [6.07, 6.45) is 0. The van der Waals surface area contributed by atoms with Crippen LogP contribution in [0, 0.1) is 0 Å². The first-order valence-electron chi connectivity index (χ1n) is 12.8. The molecule has 0 aliphatic heterocycles. The number of nitrogens with one attached hydrogen (secondary N) is 2. The minimum Gasteiger partial charge on any atom is -0.267 e. The van der Waals surface area contributed by atoms with Crippen molar-refractivity contribution in [2.24, 2.45) is 10.2 Å². The van der Waals surface area contributed by atoms with Crippen molar-refractivity contribution in [3.8, 4) is 0 Å². The van der Waals surface area contributed by atoms with E-state index in [1.54, 1.807) is 0 Å². The van der Waals surface area contributed by atoms with Crippen molar-refractivity contribution in [1.29, 1.82) is 0 Å². The lowest BCUT2D eigenvalue weighted by Gasteiger charge is -2.18. The van der Waals surface area contributed by atoms with Crippen LogP contribution in [0.5, 0.6) is 0 Å². The highest BCUT2D eigenvalue weighted by Gasteiger charge is 2.15. The van der Waals surface area contributed by atoms with E-state index in [-0.39, 0.29) is 22.6 Å². The van der Waals surface area contributed by atoms with Gasteiger partial charge in [-0.3, -0.25) is 9.59 Å². The summed E-state index contributed by atoms with van der Waals surface area (Å²) < 4.78 is 0. The van der Waals surface area contributed by atoms with Gasteiger partial charge in [-0.2, -0.15) is 10.2 Å². The minimum absolute atomic E-state index is 0.0307. The minimum atomic E-state index is -0.256. The SMILES string of the molecule is C/C(=N\NC(=O)c1ccc(C(C)(C)C)cc1)c1ccc(/C(C)=N/NC(=O)c2ccc(C(C)(C)C)cc2)cc1. The molecule has 0 saturated heterocycles. The Labute approximate surface area is 226 Å². The number of hydrogen-bond donors (Lipinski definition) is 2. The molecular weight excluding hydrogens is 472 g/mol. The predicted molar refractivity (Wildman–Crippen MR) is 156 cm³/mol. The number of rotatable bonds is 6. The van der Waals surface area contributed by atoms with E-state index in [1.807, 2.05) is 86.6 Å². The van der Waals surface area contributed by atoms with Crippen molar-refractivity contribution in [1.82, 2.24) is 10.9 Å². The molecule has 3 aromatic carbocycles. The van der Waals surface area contributed by atoms with Crippen LogP contribution in [0.4, 0.5) is 0 Å². The molecule has 0 heterocycles. The monoisotopic (exact) mass is 510 g/mol. The van der Waals surface area contributed by atoms with Crippen LogP contribution in [0.3, 0.4) is 0 Å². The number of hydrazone groups is 2. The third-order valence-corrected chi connectivity index (χ3v) is 6.40. The smallest absolute Gasteiger partial charge is 0.267 e. The van der Waals surface area contributed by atoms with Crippen molar-refractivity contribution >= 4 is 23.2 Å². The lowest BCUT2D eigenvalue weighted by molar-refractivity contribution is 0.0947. The molecule has 2 amide bonds. The van der Waals surface area contributed by atoms with Gasteiger partial charge in [-0.05, 0) is 71.2 Å². The number of nitrogens with zero attached hydrogens (tertiary/aromatic N) is 2. The number of carbonyl (C=O) groups excluding carboxylic acids is 2. The number of hydrogen-bond acceptors (Lipinski definition) is 4. The first kappa shape index (κ1) is 28.5. The van der Waals surface area contributed by atoms with E-state index in [0.717, 1.165) is 11.1 Å². The third kappa shape index (κ3) is 7.48. The molecule has 38 heavy (non-hydrogen) atoms. The van der Waals surface area contributed by atoms with Crippen LogP contribution in [0.25, 0.3) is 0 Å². The van der Waals surface area contributed by atoms with Crippen molar-refractivity contribution in [3.05, 3.63) is 106 Å². The third-order valence-electron chi connectivity index (χ3n) is 6.40. The van der Waals surface area contributed by atoms with E-state index in [2.05, 4.69) is 62.6 Å². The van der Waals surface area contributed by atoms with Gasteiger partial charge in [0.1, 0.15) is 0 Å². The average molecular weight is 511 g/mol. The van der Waals surface area contributed by atoms with E-state index in [4.69, 9.17) is 0 Å². The molecule has 198 valence electrons. The second kappa shape index (κ2) is 11.5. The molecule has 0 aliphatic carbocycles. The van der Waals surface area contributed by atoms with Gasteiger partial charge in [-0.15, -0.1) is 0 Å². The molecule has 3 aromatic rings. The summed E-state index contributed by atoms with van der Waals surface area (Å²) in [4.78, 5) is 25.0. The maximum atomic E-state index is 12.5. The van der Waals surface area contributed by atoms with Crippen molar-refractivity contribution in [2.45, 2.75) is 66.2 Å². The van der Waals surface area contributed by atoms with Crippen LogP contribution < -0.4 is 10.9 Å². The number of benzene rings is 3. The maximum absolute atomic E-state index is 12.5. The van der Waals surface area contributed by atoms with Gasteiger partial charge in [-0.1, -0.05) is 90.1 Å². The molecule has 0 unspecified atom stereocenters. The Kier molecular flexibility index (Phi) is 8.67. The molecule has 0 aromatic heterocycles. The first-order chi connectivity index (χ1) is 17.8. The predicted octanol–water partition coefficient (Wildman–Crippen LogP) is 6.59. The molecule has 0 spiro atoms. The number of carbonyl (C=O) groups is 2. The maximum Gasteiger partial charge on any atom is 0.271 e. The summed E-state index contributed by atoms with van der Waals surface area (Å²) in [6.45, 7) is 16.5. The van der Waals surface area contributed by atoms with Gasteiger partial charge >= 0.3 is 0 Å². The fourth-order valence-electron chi connectivity index (χ4n) is 3.72. The van der Waals surface area contributed by atoms with Crippen LogP contribution in [-0.2, 0) is 10.8 Å². The molecule has 6 nitrogen and oxygen atoms in total. The molecule has 0 aliphatic rings. The molecular formula is C32H38N4O2. The van der Waals surface area contributed by atoms with Gasteiger partial charge < -0.3 is 0 Å².